The highest BCUT2D eigenvalue weighted by Gasteiger charge is 2.48. The Bertz CT molecular complexity index is 4800. The van der Waals surface area contributed by atoms with Crippen LogP contribution in [-0.2, 0) is 20.4 Å². The lowest BCUT2D eigenvalue weighted by molar-refractivity contribution is -0.124. The smallest absolute Gasteiger partial charge is 0.266 e. The first-order valence-electron chi connectivity index (χ1n) is 29.7. The Morgan fingerprint density at radius 1 is 0.396 bits per heavy atom. The monoisotopic (exact) mass is 1190 g/mol. The molecule has 0 radical (unpaired) electrons. The molecule has 91 heavy (non-hydrogen) atoms. The van der Waals surface area contributed by atoms with Gasteiger partial charge in [0.1, 0.15) is 23.0 Å². The average molecular weight is 1190 g/mol. The number of fused-ring (bicyclic) bond motifs is 8. The number of anilines is 2. The van der Waals surface area contributed by atoms with Crippen molar-refractivity contribution in [2.45, 2.75) is 31.6 Å². The Kier molecular flexibility index (Phi) is 13.9. The number of hydrogen-bond donors (Lipinski definition) is 0. The lowest BCUT2D eigenvalue weighted by Crippen LogP contribution is -2.33. The van der Waals surface area contributed by atoms with Crippen LogP contribution in [0.1, 0.15) is 111 Å². The number of nitrogens with zero attached hydrogens (tertiary/aromatic N) is 3. The minimum atomic E-state index is -0.718. The molecular weight excluding hydrogens is 1130 g/mol. The number of amides is 6. The number of imide groups is 3. The molecule has 0 spiro atoms. The molecule has 11 heteroatoms. The molecule has 2 aliphatic heterocycles. The fourth-order valence-corrected chi connectivity index (χ4v) is 13.8. The number of hydrogen-bond acceptors (Lipinski definition) is 8. The zero-order valence-corrected chi connectivity index (χ0v) is 49.9. The average Bonchev–Trinajstić information content (AvgIpc) is 1.57. The molecule has 2 heterocycles. The third kappa shape index (κ3) is 9.14. The van der Waals surface area contributed by atoms with E-state index in [4.69, 9.17) is 15.9 Å². The van der Waals surface area contributed by atoms with Gasteiger partial charge in [-0.3, -0.25) is 38.6 Å². The van der Waals surface area contributed by atoms with E-state index in [-0.39, 0.29) is 35.1 Å². The van der Waals surface area contributed by atoms with Crippen molar-refractivity contribution in [2.24, 2.45) is 0 Å². The fraction of sp³-hybridized carbons (Fsp3) is 0.0750. The van der Waals surface area contributed by atoms with Gasteiger partial charge in [-0.2, -0.15) is 0 Å². The summed E-state index contributed by atoms with van der Waals surface area (Å²) in [5, 5.41) is 0. The number of terminal acetylenes is 1. The number of ether oxygens (including phenoxy) is 2. The molecule has 0 saturated carbocycles. The Labute approximate surface area is 526 Å². The third-order valence-corrected chi connectivity index (χ3v) is 17.8. The van der Waals surface area contributed by atoms with Crippen LogP contribution in [0.15, 0.2) is 255 Å². The lowest BCUT2D eigenvalue weighted by Gasteiger charge is -2.34. The molecular formula is C80H55N3O8. The van der Waals surface area contributed by atoms with E-state index in [1.165, 1.54) is 53.6 Å². The van der Waals surface area contributed by atoms with Gasteiger partial charge in [0.15, 0.2) is 0 Å². The summed E-state index contributed by atoms with van der Waals surface area (Å²) in [4.78, 5) is 79.7. The van der Waals surface area contributed by atoms with Crippen molar-refractivity contribution in [1.82, 2.24) is 4.90 Å². The van der Waals surface area contributed by atoms with Crippen LogP contribution in [0.3, 0.4) is 0 Å². The summed E-state index contributed by atoms with van der Waals surface area (Å²) in [7, 11) is 1.48. The van der Waals surface area contributed by atoms with Gasteiger partial charge < -0.3 is 9.47 Å². The predicted octanol–water partition coefficient (Wildman–Crippen LogP) is 15.9. The van der Waals surface area contributed by atoms with Gasteiger partial charge in [-0.05, 0) is 165 Å². The first kappa shape index (κ1) is 56.8. The molecule has 0 N–H and O–H groups in total. The quantitative estimate of drug-likeness (QED) is 0.0977. The number of aryl methyl sites for hydroxylation is 1. The summed E-state index contributed by atoms with van der Waals surface area (Å²) in [5.41, 5.74) is 16.2. The third-order valence-electron chi connectivity index (χ3n) is 17.8. The van der Waals surface area contributed by atoms with Crippen LogP contribution in [0.25, 0.3) is 22.3 Å². The number of carbonyl (C=O) groups excluding carboxylic acids is 6. The standard InChI is InChI=1S/C68H44N2O6.C12H11NO2/c1-41-19-21-42(22-20-41)67(59-15-7-3-11-51(59)52-12-4-8-16-60(52)67)43-23-29-46(30-24-43)70-65(73)56-38-36-50(40-58(56)66(70)74)76-48-33-27-45(28-34-48)68(61-17-9-5-13-53(61)54-14-6-10-18-62(54)68)44-25-31-47(32-26-44)75-49-35-37-55-57(39-49)64(72)69(2)63(55)71;1-4-11-6-5-7-12(8-11)13(9(2)14)10(3)15/h3-40H,1-2H3;1,5-8H,2-3H3. The molecule has 0 bridgehead atoms. The normalized spacial score (nSPS) is 14.0. The molecule has 4 aliphatic rings. The molecule has 6 amide bonds. The van der Waals surface area contributed by atoms with Crippen LogP contribution < -0.4 is 19.3 Å². The van der Waals surface area contributed by atoms with Gasteiger partial charge >= 0.3 is 0 Å². The minimum Gasteiger partial charge on any atom is -0.457 e. The second-order valence-corrected chi connectivity index (χ2v) is 22.9. The molecule has 0 unspecified atom stereocenters. The summed E-state index contributed by atoms with van der Waals surface area (Å²) in [6, 6.07) is 83.5. The Hall–Kier alpha value is -12.0. The van der Waals surface area contributed by atoms with Crippen molar-refractivity contribution in [3.63, 3.8) is 0 Å². The fourth-order valence-electron chi connectivity index (χ4n) is 13.8. The summed E-state index contributed by atoms with van der Waals surface area (Å²) in [6.45, 7) is 4.77. The van der Waals surface area contributed by atoms with Crippen molar-refractivity contribution in [2.75, 3.05) is 16.8 Å². The van der Waals surface area contributed by atoms with Crippen LogP contribution >= 0.6 is 0 Å². The molecule has 438 valence electrons. The van der Waals surface area contributed by atoms with E-state index in [9.17, 15) is 28.8 Å². The Morgan fingerprint density at radius 2 is 0.758 bits per heavy atom. The lowest BCUT2D eigenvalue weighted by atomic mass is 9.67. The van der Waals surface area contributed by atoms with Gasteiger partial charge in [0, 0.05) is 26.5 Å². The van der Waals surface area contributed by atoms with E-state index in [0.717, 1.165) is 54.3 Å². The van der Waals surface area contributed by atoms with Gasteiger partial charge in [0.05, 0.1) is 44.5 Å². The van der Waals surface area contributed by atoms with E-state index in [1.807, 2.05) is 36.4 Å². The first-order valence-corrected chi connectivity index (χ1v) is 29.7. The van der Waals surface area contributed by atoms with Crippen LogP contribution in [0.5, 0.6) is 23.0 Å². The van der Waals surface area contributed by atoms with E-state index < -0.39 is 16.7 Å². The molecule has 0 saturated heterocycles. The van der Waals surface area contributed by atoms with Crippen molar-refractivity contribution in [3.8, 4) is 57.6 Å². The summed E-state index contributed by atoms with van der Waals surface area (Å²) >= 11 is 0. The highest BCUT2D eigenvalue weighted by atomic mass is 16.5. The zero-order chi connectivity index (χ0) is 62.9. The first-order chi connectivity index (χ1) is 44.2. The topological polar surface area (TPSA) is 131 Å². The Morgan fingerprint density at radius 3 is 1.19 bits per heavy atom. The molecule has 15 rings (SSSR count). The number of rotatable bonds is 10. The highest BCUT2D eigenvalue weighted by molar-refractivity contribution is 6.34. The molecule has 0 fully saturated rings. The van der Waals surface area contributed by atoms with E-state index >= 15 is 0 Å². The summed E-state index contributed by atoms with van der Waals surface area (Å²) in [5.74, 6) is 2.34. The van der Waals surface area contributed by atoms with Gasteiger partial charge in [-0.15, -0.1) is 6.42 Å². The SMILES string of the molecule is C#Cc1cccc(N(C(C)=O)C(C)=O)c1.Cc1ccc(C2(c3ccc(N4C(=O)c5ccc(Oc6ccc(C7(c8ccc(Oc9ccc%10c(c9)C(=O)N(C)C%10=O)cc8)c8ccccc8-c8ccccc87)cc6)cc5C4=O)cc3)c3ccccc3-c3ccccc32)cc1. The molecule has 2 aliphatic carbocycles. The van der Waals surface area contributed by atoms with Gasteiger partial charge in [-0.1, -0.05) is 175 Å². The molecule has 11 aromatic carbocycles. The van der Waals surface area contributed by atoms with E-state index in [0.29, 0.717) is 56.6 Å². The number of benzene rings is 11. The molecule has 11 aromatic rings. The molecule has 0 atom stereocenters. The van der Waals surface area contributed by atoms with Gasteiger partial charge in [-0.25, -0.2) is 4.90 Å². The zero-order valence-electron chi connectivity index (χ0n) is 49.9. The minimum absolute atomic E-state index is 0.274. The van der Waals surface area contributed by atoms with Crippen molar-refractivity contribution in [1.29, 1.82) is 0 Å². The van der Waals surface area contributed by atoms with Gasteiger partial charge in [0.2, 0.25) is 11.8 Å². The molecule has 0 aromatic heterocycles. The van der Waals surface area contributed by atoms with E-state index in [1.54, 1.807) is 60.7 Å². The second-order valence-electron chi connectivity index (χ2n) is 22.9. The van der Waals surface area contributed by atoms with Crippen molar-refractivity contribution in [3.05, 3.63) is 333 Å². The predicted molar refractivity (Wildman–Crippen MR) is 351 cm³/mol. The summed E-state index contributed by atoms with van der Waals surface area (Å²) < 4.78 is 12.8. The largest absolute Gasteiger partial charge is 0.457 e. The molecule has 11 nitrogen and oxygen atoms in total. The van der Waals surface area contributed by atoms with Gasteiger partial charge in [0.25, 0.3) is 23.6 Å². The van der Waals surface area contributed by atoms with Crippen LogP contribution in [-0.4, -0.2) is 47.4 Å². The van der Waals surface area contributed by atoms with Crippen molar-refractivity contribution < 1.29 is 38.2 Å². The maximum Gasteiger partial charge on any atom is 0.266 e. The summed E-state index contributed by atoms with van der Waals surface area (Å²) in [6.07, 6.45) is 5.23. The van der Waals surface area contributed by atoms with Crippen LogP contribution in [0.4, 0.5) is 11.4 Å². The van der Waals surface area contributed by atoms with Crippen LogP contribution in [0.2, 0.25) is 0 Å². The maximum atomic E-state index is 14.4. The highest BCUT2D eigenvalue weighted by Crippen LogP contribution is 2.58. The second kappa shape index (κ2) is 22.3. The van der Waals surface area contributed by atoms with Crippen molar-refractivity contribution >= 4 is 46.8 Å². The number of carbonyl (C=O) groups is 6. The maximum absolute atomic E-state index is 14.4. The van der Waals surface area contributed by atoms with Crippen LogP contribution in [0, 0.1) is 19.3 Å². The van der Waals surface area contributed by atoms with E-state index in [2.05, 4.69) is 171 Å². The Balaban J connectivity index is 0.000000425.